The first-order valence-corrected chi connectivity index (χ1v) is 21.2. The second-order valence-corrected chi connectivity index (χ2v) is 15.9. The molecule has 0 aliphatic rings. The van der Waals surface area contributed by atoms with Crippen LogP contribution in [0.1, 0.15) is 5.56 Å². The minimum atomic E-state index is -2.27. The fourth-order valence-corrected chi connectivity index (χ4v) is 9.15. The average molecular weight is 901 g/mol. The molecule has 10 nitrogen and oxygen atoms in total. The Hall–Kier alpha value is -9.11. The fourth-order valence-electron chi connectivity index (χ4n) is 9.15. The van der Waals surface area contributed by atoms with Crippen LogP contribution in [0.25, 0.3) is 112 Å². The number of hydrogen-bond acceptors (Lipinski definition) is 8. The minimum absolute atomic E-state index is 0.128. The highest BCUT2D eigenvalue weighted by Gasteiger charge is 2.31. The molecule has 0 atom stereocenters. The van der Waals surface area contributed by atoms with Crippen LogP contribution in [0.4, 0.5) is 22.0 Å². The molecule has 326 valence electrons. The highest BCUT2D eigenvalue weighted by Crippen LogP contribution is 2.45. The van der Waals surface area contributed by atoms with Gasteiger partial charge in [-0.1, -0.05) is 48.5 Å². The number of hydrogen-bond donors (Lipinski definition) is 0. The van der Waals surface area contributed by atoms with Gasteiger partial charge in [-0.2, -0.15) is 0 Å². The summed E-state index contributed by atoms with van der Waals surface area (Å²) in [5.41, 5.74) is 4.79. The second-order valence-electron chi connectivity index (χ2n) is 15.9. The first-order valence-electron chi connectivity index (χ1n) is 21.2. The van der Waals surface area contributed by atoms with Crippen molar-refractivity contribution < 1.29 is 22.0 Å². The Balaban J connectivity index is 1.25. The van der Waals surface area contributed by atoms with Crippen LogP contribution >= 0.6 is 0 Å². The van der Waals surface area contributed by atoms with Gasteiger partial charge in [0.05, 0.1) is 39.0 Å². The van der Waals surface area contributed by atoms with Crippen molar-refractivity contribution in [2.24, 2.45) is 0 Å². The monoisotopic (exact) mass is 900 g/mol. The number of benzene rings is 6. The molecule has 0 N–H and O–H groups in total. The van der Waals surface area contributed by atoms with Crippen molar-refractivity contribution in [1.29, 1.82) is 0 Å². The lowest BCUT2D eigenvalue weighted by Gasteiger charge is -2.22. The third-order valence-electron chi connectivity index (χ3n) is 12.2. The summed E-state index contributed by atoms with van der Waals surface area (Å²) in [6, 6.07) is 32.8. The normalized spacial score (nSPS) is 11.7. The van der Waals surface area contributed by atoms with Crippen molar-refractivity contribution in [3.8, 4) is 68.1 Å². The van der Waals surface area contributed by atoms with Gasteiger partial charge in [0.2, 0.25) is 5.82 Å². The van der Waals surface area contributed by atoms with Gasteiger partial charge in [0.15, 0.2) is 46.6 Å². The van der Waals surface area contributed by atoms with E-state index in [-0.39, 0.29) is 11.3 Å². The molecule has 0 spiro atoms. The Bertz CT molecular complexity index is 3760. The summed E-state index contributed by atoms with van der Waals surface area (Å²) in [7, 11) is 0. The van der Waals surface area contributed by atoms with Crippen molar-refractivity contribution in [2.45, 2.75) is 6.92 Å². The van der Waals surface area contributed by atoms with E-state index in [9.17, 15) is 4.39 Å². The molecule has 0 amide bonds. The number of halogens is 5. The molecule has 0 unspecified atom stereocenters. The third kappa shape index (κ3) is 6.30. The van der Waals surface area contributed by atoms with Gasteiger partial charge in [-0.25, -0.2) is 61.8 Å². The summed E-state index contributed by atoms with van der Waals surface area (Å²) in [6.45, 7) is 1.76. The number of fused-ring (bicyclic) bond motifs is 6. The van der Waals surface area contributed by atoms with E-state index in [0.29, 0.717) is 89.6 Å². The Morgan fingerprint density at radius 3 is 1.00 bits per heavy atom. The molecule has 0 fully saturated rings. The molecule has 0 radical (unpaired) electrons. The summed E-state index contributed by atoms with van der Waals surface area (Å²) >= 11 is 0. The predicted molar refractivity (Wildman–Crippen MR) is 249 cm³/mol. The molecule has 0 aliphatic heterocycles. The van der Waals surface area contributed by atoms with Crippen LogP contribution in [-0.4, -0.2) is 49.0 Å². The SMILES string of the molecule is Cc1c(-n2c3cc(-c4ncccn4)ccc3c3ccc(-c4ncccn4)cc32)ccc(-c2c(F)c(F)c(F)c(F)c2F)c1-n1c2cc(-c3ncccn3)ccc2c2ccc(-c3ncccn3)cc21. The van der Waals surface area contributed by atoms with E-state index in [2.05, 4.69) is 39.9 Å². The Kier molecular flexibility index (Phi) is 9.39. The van der Waals surface area contributed by atoms with Crippen molar-refractivity contribution in [1.82, 2.24) is 49.0 Å². The smallest absolute Gasteiger partial charge is 0.200 e. The second kappa shape index (κ2) is 15.8. The first kappa shape index (κ1) is 40.4. The van der Waals surface area contributed by atoms with Gasteiger partial charge in [-0.3, -0.25) is 0 Å². The van der Waals surface area contributed by atoms with Gasteiger partial charge in [-0.15, -0.1) is 0 Å². The van der Waals surface area contributed by atoms with Crippen molar-refractivity contribution in [2.75, 3.05) is 0 Å². The highest BCUT2D eigenvalue weighted by atomic mass is 19.2. The molecule has 6 heterocycles. The molecule has 0 saturated carbocycles. The minimum Gasteiger partial charge on any atom is -0.309 e. The lowest BCUT2D eigenvalue weighted by molar-refractivity contribution is 0.381. The molecule has 68 heavy (non-hydrogen) atoms. The number of aromatic nitrogens is 10. The average Bonchev–Trinajstić information content (AvgIpc) is 3.89. The molecule has 0 aliphatic carbocycles. The van der Waals surface area contributed by atoms with Crippen LogP contribution in [0.5, 0.6) is 0 Å². The maximum Gasteiger partial charge on any atom is 0.200 e. The van der Waals surface area contributed by atoms with Gasteiger partial charge in [0.25, 0.3) is 0 Å². The van der Waals surface area contributed by atoms with E-state index in [1.165, 1.54) is 6.07 Å². The predicted octanol–water partition coefficient (Wildman–Crippen LogP) is 12.4. The molecule has 0 saturated heterocycles. The zero-order chi connectivity index (χ0) is 46.2. The van der Waals surface area contributed by atoms with Gasteiger partial charge in [-0.05, 0) is 73.2 Å². The Morgan fingerprint density at radius 2 is 0.662 bits per heavy atom. The van der Waals surface area contributed by atoms with Gasteiger partial charge in [0.1, 0.15) is 0 Å². The van der Waals surface area contributed by atoms with Crippen LogP contribution in [0.3, 0.4) is 0 Å². The van der Waals surface area contributed by atoms with Crippen molar-refractivity contribution in [3.63, 3.8) is 0 Å². The summed E-state index contributed by atoms with van der Waals surface area (Å²) < 4.78 is 82.4. The quantitative estimate of drug-likeness (QED) is 0.0883. The first-order chi connectivity index (χ1) is 33.2. The van der Waals surface area contributed by atoms with Crippen LogP contribution in [0, 0.1) is 36.0 Å². The largest absolute Gasteiger partial charge is 0.309 e. The van der Waals surface area contributed by atoms with Crippen LogP contribution in [0.15, 0.2) is 159 Å². The topological polar surface area (TPSA) is 113 Å². The Labute approximate surface area is 381 Å². The van der Waals surface area contributed by atoms with Crippen molar-refractivity contribution >= 4 is 43.6 Å². The zero-order valence-electron chi connectivity index (χ0n) is 35.4. The van der Waals surface area contributed by atoms with E-state index in [1.807, 2.05) is 77.4 Å². The molecule has 0 bridgehead atoms. The van der Waals surface area contributed by atoms with E-state index in [1.54, 1.807) is 91.4 Å². The summed E-state index contributed by atoms with van der Waals surface area (Å²) in [5, 5.41) is 3.12. The molecule has 12 aromatic rings. The van der Waals surface area contributed by atoms with Gasteiger partial charge < -0.3 is 9.13 Å². The number of rotatable bonds is 7. The number of nitrogens with zero attached hydrogens (tertiary/aromatic N) is 10. The summed E-state index contributed by atoms with van der Waals surface area (Å²) in [5.74, 6) is -8.63. The standard InChI is InChI=1S/C53H29F5N10/c1-28-38(67-39-24-29(50-59-16-2-17-60-50)6-10-33(39)34-11-7-30(25-40(34)67)51-61-18-3-19-62-51)15-14-37(43-44(54)46(56)48(58)47(57)45(43)55)49(28)68-41-26-31(52-63-20-4-21-64-52)8-12-35(41)36-13-9-32(27-42(36)68)53-65-22-5-23-66-53/h2-27H,1H3. The highest BCUT2D eigenvalue weighted by molar-refractivity contribution is 6.13. The van der Waals surface area contributed by atoms with E-state index >= 15 is 17.6 Å². The molecule has 6 aromatic heterocycles. The molecule has 12 rings (SSSR count). The summed E-state index contributed by atoms with van der Waals surface area (Å²) in [6.07, 6.45) is 13.1. The lowest BCUT2D eigenvalue weighted by atomic mass is 9.96. The molecule has 6 aromatic carbocycles. The third-order valence-corrected chi connectivity index (χ3v) is 12.2. The molecule has 15 heteroatoms. The zero-order valence-corrected chi connectivity index (χ0v) is 35.4. The maximum atomic E-state index is 16.5. The molecular formula is C53H29F5N10. The van der Waals surface area contributed by atoms with Gasteiger partial charge >= 0.3 is 0 Å². The van der Waals surface area contributed by atoms with E-state index in [4.69, 9.17) is 0 Å². The van der Waals surface area contributed by atoms with Crippen LogP contribution in [0.2, 0.25) is 0 Å². The van der Waals surface area contributed by atoms with E-state index in [0.717, 1.165) is 10.8 Å². The lowest BCUT2D eigenvalue weighted by Crippen LogP contribution is -2.09. The van der Waals surface area contributed by atoms with E-state index < -0.39 is 34.6 Å². The molecular weight excluding hydrogens is 872 g/mol. The maximum absolute atomic E-state index is 16.5. The fraction of sp³-hybridized carbons (Fsp3) is 0.0189. The van der Waals surface area contributed by atoms with Crippen LogP contribution < -0.4 is 0 Å². The summed E-state index contributed by atoms with van der Waals surface area (Å²) in [4.78, 5) is 36.0. The Morgan fingerprint density at radius 1 is 0.353 bits per heavy atom. The van der Waals surface area contributed by atoms with Gasteiger partial charge in [0, 0.05) is 98.9 Å². The van der Waals surface area contributed by atoms with Crippen LogP contribution in [-0.2, 0) is 0 Å². The van der Waals surface area contributed by atoms with Crippen molar-refractivity contribution in [3.05, 3.63) is 193 Å².